The molecule has 0 aliphatic carbocycles. The first kappa shape index (κ1) is 13.2. The normalized spacial score (nSPS) is 12.0. The molecule has 0 unspecified atom stereocenters. The van der Waals surface area contributed by atoms with Gasteiger partial charge in [-0.3, -0.25) is 0 Å². The summed E-state index contributed by atoms with van der Waals surface area (Å²) in [6.07, 6.45) is 3.98. The van der Waals surface area contributed by atoms with Gasteiger partial charge in [0.05, 0.1) is 0 Å². The van der Waals surface area contributed by atoms with Crippen molar-refractivity contribution in [1.29, 1.82) is 0 Å². The summed E-state index contributed by atoms with van der Waals surface area (Å²) in [5.74, 6) is 0. The van der Waals surface area contributed by atoms with Gasteiger partial charge >= 0.3 is 88.0 Å². The van der Waals surface area contributed by atoms with E-state index < -0.39 is 12.4 Å². The SMILES string of the molecule is CCC[As](CCC)(CCC)SCl. The summed E-state index contributed by atoms with van der Waals surface area (Å²) in [5, 5.41) is 4.32. The fourth-order valence-electron chi connectivity index (χ4n) is 1.66. The van der Waals surface area contributed by atoms with Crippen LogP contribution in [-0.2, 0) is 0 Å². The maximum absolute atomic E-state index is 6.05. The summed E-state index contributed by atoms with van der Waals surface area (Å²) < 4.78 is 0. The van der Waals surface area contributed by atoms with E-state index in [1.54, 1.807) is 9.24 Å². The molecule has 0 aromatic heterocycles. The third-order valence-corrected chi connectivity index (χ3v) is 19.5. The molecular formula is C9H21AsClS. The van der Waals surface area contributed by atoms with Crippen LogP contribution in [0.5, 0.6) is 0 Å². The van der Waals surface area contributed by atoms with Gasteiger partial charge in [-0.1, -0.05) is 0 Å². The molecule has 12 heavy (non-hydrogen) atoms. The van der Waals surface area contributed by atoms with Crippen LogP contribution in [0.4, 0.5) is 0 Å². The predicted octanol–water partition coefficient (Wildman–Crippen LogP) is 5.05. The Balaban J connectivity index is 4.06. The Hall–Kier alpha value is 1.20. The van der Waals surface area contributed by atoms with Gasteiger partial charge in [-0.25, -0.2) is 0 Å². The Kier molecular flexibility index (Phi) is 8.35. The van der Waals surface area contributed by atoms with Crippen LogP contribution >= 0.6 is 19.9 Å². The first-order valence-electron chi connectivity index (χ1n) is 4.91. The number of halogens is 1. The number of hydrogen-bond donors (Lipinski definition) is 0. The fourth-order valence-corrected chi connectivity index (χ4v) is 15.8. The minimum atomic E-state index is -1.43. The van der Waals surface area contributed by atoms with Crippen molar-refractivity contribution >= 4 is 32.3 Å². The average Bonchev–Trinajstić information content (AvgIpc) is 2.06. The van der Waals surface area contributed by atoms with E-state index in [0.717, 1.165) is 0 Å². The summed E-state index contributed by atoms with van der Waals surface area (Å²) in [6.45, 7) is 6.86. The van der Waals surface area contributed by atoms with E-state index in [2.05, 4.69) is 20.8 Å². The molecule has 0 fully saturated rings. The zero-order valence-electron chi connectivity index (χ0n) is 8.48. The van der Waals surface area contributed by atoms with Crippen LogP contribution in [0.1, 0.15) is 40.0 Å². The molecule has 1 radical (unpaired) electrons. The molecule has 0 saturated heterocycles. The molecular weight excluding hydrogens is 251 g/mol. The van der Waals surface area contributed by atoms with E-state index in [4.69, 9.17) is 10.7 Å². The van der Waals surface area contributed by atoms with Crippen molar-refractivity contribution in [3.63, 3.8) is 0 Å². The quantitative estimate of drug-likeness (QED) is 0.584. The van der Waals surface area contributed by atoms with Gasteiger partial charge in [0.2, 0.25) is 0 Å². The van der Waals surface area contributed by atoms with Crippen LogP contribution in [0, 0.1) is 0 Å². The van der Waals surface area contributed by atoms with Crippen molar-refractivity contribution in [3.8, 4) is 0 Å². The molecule has 0 aromatic rings. The summed E-state index contributed by atoms with van der Waals surface area (Å²) in [5.41, 5.74) is 0. The number of rotatable bonds is 7. The minimum absolute atomic E-state index is 1.33. The van der Waals surface area contributed by atoms with E-state index in [-0.39, 0.29) is 0 Å². The second-order valence-electron chi connectivity index (χ2n) is 3.30. The zero-order chi connectivity index (χ0) is 9.45. The van der Waals surface area contributed by atoms with Crippen molar-refractivity contribution in [1.82, 2.24) is 0 Å². The predicted molar refractivity (Wildman–Crippen MR) is 64.5 cm³/mol. The third kappa shape index (κ3) is 4.44. The van der Waals surface area contributed by atoms with Crippen LogP contribution in [0.25, 0.3) is 0 Å². The number of hydrogen-bond acceptors (Lipinski definition) is 1. The van der Waals surface area contributed by atoms with E-state index in [9.17, 15) is 0 Å². The summed E-state index contributed by atoms with van der Waals surface area (Å²) in [4.78, 5) is 0. The molecule has 0 saturated carbocycles. The Morgan fingerprint density at radius 1 is 0.917 bits per heavy atom. The van der Waals surface area contributed by atoms with Crippen LogP contribution in [0.2, 0.25) is 15.6 Å². The first-order valence-corrected chi connectivity index (χ1v) is 12.8. The molecule has 0 bridgehead atoms. The van der Waals surface area contributed by atoms with Crippen molar-refractivity contribution in [2.24, 2.45) is 0 Å². The summed E-state index contributed by atoms with van der Waals surface area (Å²) in [6, 6.07) is 0. The molecule has 0 nitrogen and oxygen atoms in total. The fraction of sp³-hybridized carbons (Fsp3) is 1.00. The van der Waals surface area contributed by atoms with Crippen molar-refractivity contribution in [2.75, 3.05) is 0 Å². The van der Waals surface area contributed by atoms with Gasteiger partial charge in [-0.15, -0.1) is 0 Å². The second-order valence-corrected chi connectivity index (χ2v) is 17.7. The Labute approximate surface area is 87.8 Å². The molecule has 0 amide bonds. The van der Waals surface area contributed by atoms with Gasteiger partial charge < -0.3 is 0 Å². The average molecular weight is 272 g/mol. The van der Waals surface area contributed by atoms with Crippen LogP contribution < -0.4 is 0 Å². The summed E-state index contributed by atoms with van der Waals surface area (Å²) >= 11 is -1.43. The molecule has 3 heteroatoms. The van der Waals surface area contributed by atoms with Gasteiger partial charge in [0.1, 0.15) is 0 Å². The first-order chi connectivity index (χ1) is 5.74. The molecule has 0 aliphatic heterocycles. The molecule has 0 heterocycles. The van der Waals surface area contributed by atoms with Gasteiger partial charge in [0.25, 0.3) is 0 Å². The second kappa shape index (κ2) is 7.59. The molecule has 0 N–H and O–H groups in total. The molecule has 0 aromatic carbocycles. The van der Waals surface area contributed by atoms with E-state index >= 15 is 0 Å². The standard InChI is InChI=1S/C9H21AsClS/c1-4-7-10(12-11,8-5-2)9-6-3/h4-9H2,1-3H3. The van der Waals surface area contributed by atoms with Gasteiger partial charge in [0.15, 0.2) is 0 Å². The van der Waals surface area contributed by atoms with Crippen LogP contribution in [0.3, 0.4) is 0 Å². The molecule has 0 atom stereocenters. The third-order valence-electron chi connectivity index (χ3n) is 2.04. The van der Waals surface area contributed by atoms with Gasteiger partial charge in [-0.2, -0.15) is 0 Å². The maximum atomic E-state index is 6.05. The monoisotopic (exact) mass is 271 g/mol. The zero-order valence-corrected chi connectivity index (χ0v) is 11.9. The van der Waals surface area contributed by atoms with E-state index in [1.165, 1.54) is 34.9 Å². The van der Waals surface area contributed by atoms with Crippen molar-refractivity contribution in [3.05, 3.63) is 0 Å². The molecule has 0 rings (SSSR count). The van der Waals surface area contributed by atoms with Gasteiger partial charge in [-0.05, 0) is 0 Å². The Morgan fingerprint density at radius 3 is 1.42 bits per heavy atom. The van der Waals surface area contributed by atoms with Crippen molar-refractivity contribution in [2.45, 2.75) is 55.7 Å². The van der Waals surface area contributed by atoms with Gasteiger partial charge in [0, 0.05) is 0 Å². The van der Waals surface area contributed by atoms with E-state index in [1.807, 2.05) is 0 Å². The van der Waals surface area contributed by atoms with Crippen LogP contribution in [0.15, 0.2) is 0 Å². The van der Waals surface area contributed by atoms with Crippen molar-refractivity contribution < 1.29 is 0 Å². The van der Waals surface area contributed by atoms with Crippen LogP contribution in [-0.4, -0.2) is 12.4 Å². The molecule has 0 spiro atoms. The summed E-state index contributed by atoms with van der Waals surface area (Å²) in [7, 11) is 7.79. The topological polar surface area (TPSA) is 0 Å². The Morgan fingerprint density at radius 2 is 1.25 bits per heavy atom. The Bertz CT molecular complexity index is 91.7. The van der Waals surface area contributed by atoms with E-state index in [0.29, 0.717) is 0 Å². The molecule has 0 aliphatic rings. The molecule has 75 valence electrons.